The van der Waals surface area contributed by atoms with Gasteiger partial charge < -0.3 is 5.32 Å². The predicted molar refractivity (Wildman–Crippen MR) is 68.0 cm³/mol. The van der Waals surface area contributed by atoms with E-state index in [-0.39, 0.29) is 0 Å². The van der Waals surface area contributed by atoms with Crippen LogP contribution in [-0.2, 0) is 0 Å². The van der Waals surface area contributed by atoms with Crippen molar-refractivity contribution >= 4 is 17.3 Å². The summed E-state index contributed by atoms with van der Waals surface area (Å²) in [6.07, 6.45) is 2.93. The molecule has 4 heteroatoms. The Balaban J connectivity index is 1.92. The van der Waals surface area contributed by atoms with Gasteiger partial charge in [-0.1, -0.05) is 11.6 Å². The molecule has 1 aliphatic rings. The summed E-state index contributed by atoms with van der Waals surface area (Å²) in [5, 5.41) is 4.05. The van der Waals surface area contributed by atoms with Gasteiger partial charge in [0.1, 0.15) is 5.15 Å². The number of aromatic nitrogens is 1. The van der Waals surface area contributed by atoms with Crippen molar-refractivity contribution in [1.82, 2.24) is 9.88 Å². The van der Waals surface area contributed by atoms with Crippen LogP contribution in [0.25, 0.3) is 0 Å². The van der Waals surface area contributed by atoms with Gasteiger partial charge in [-0.2, -0.15) is 0 Å². The molecule has 0 aromatic carbocycles. The van der Waals surface area contributed by atoms with E-state index in [4.69, 9.17) is 11.6 Å². The molecule has 1 atom stereocenters. The Labute approximate surface area is 102 Å². The minimum absolute atomic E-state index is 0.529. The number of hydrogen-bond donors (Lipinski definition) is 1. The molecule has 0 amide bonds. The monoisotopic (exact) mass is 239 g/mol. The number of anilines is 1. The third-order valence-corrected chi connectivity index (χ3v) is 3.25. The van der Waals surface area contributed by atoms with Crippen LogP contribution in [0.3, 0.4) is 0 Å². The SMILES string of the molecule is CC(C)N1CCC(Nc2ccnc(Cl)c2)C1. The predicted octanol–water partition coefficient (Wildman–Crippen LogP) is 2.63. The lowest BCUT2D eigenvalue weighted by Gasteiger charge is -2.20. The highest BCUT2D eigenvalue weighted by atomic mass is 35.5. The second kappa shape index (κ2) is 5.02. The lowest BCUT2D eigenvalue weighted by molar-refractivity contribution is 0.274. The Bertz CT molecular complexity index is 354. The van der Waals surface area contributed by atoms with E-state index >= 15 is 0 Å². The van der Waals surface area contributed by atoms with Crippen molar-refractivity contribution in [1.29, 1.82) is 0 Å². The molecule has 16 heavy (non-hydrogen) atoms. The van der Waals surface area contributed by atoms with E-state index in [1.807, 2.05) is 12.1 Å². The van der Waals surface area contributed by atoms with Gasteiger partial charge in [-0.05, 0) is 32.4 Å². The molecule has 88 valence electrons. The van der Waals surface area contributed by atoms with Crippen LogP contribution in [0.1, 0.15) is 20.3 Å². The average Bonchev–Trinajstić information content (AvgIpc) is 2.66. The van der Waals surface area contributed by atoms with E-state index in [2.05, 4.69) is 29.0 Å². The van der Waals surface area contributed by atoms with Gasteiger partial charge in [-0.3, -0.25) is 4.90 Å². The van der Waals surface area contributed by atoms with Crippen molar-refractivity contribution in [2.24, 2.45) is 0 Å². The van der Waals surface area contributed by atoms with Crippen LogP contribution in [0, 0.1) is 0 Å². The fraction of sp³-hybridized carbons (Fsp3) is 0.583. The fourth-order valence-corrected chi connectivity index (χ4v) is 2.28. The van der Waals surface area contributed by atoms with Crippen molar-refractivity contribution in [3.63, 3.8) is 0 Å². The first kappa shape index (κ1) is 11.7. The molecule has 0 spiro atoms. The Morgan fingerprint density at radius 1 is 1.56 bits per heavy atom. The third-order valence-electron chi connectivity index (χ3n) is 3.05. The molecule has 1 aromatic rings. The van der Waals surface area contributed by atoms with Crippen LogP contribution >= 0.6 is 11.6 Å². The molecule has 3 nitrogen and oxygen atoms in total. The van der Waals surface area contributed by atoms with Crippen LogP contribution in [0.15, 0.2) is 18.3 Å². The van der Waals surface area contributed by atoms with Crippen molar-refractivity contribution in [2.75, 3.05) is 18.4 Å². The van der Waals surface area contributed by atoms with Gasteiger partial charge in [0.25, 0.3) is 0 Å². The molecular weight excluding hydrogens is 222 g/mol. The summed E-state index contributed by atoms with van der Waals surface area (Å²) in [4.78, 5) is 6.46. The Hall–Kier alpha value is -0.800. The summed E-state index contributed by atoms with van der Waals surface area (Å²) in [5.41, 5.74) is 1.07. The van der Waals surface area contributed by atoms with Crippen molar-refractivity contribution in [2.45, 2.75) is 32.4 Å². The van der Waals surface area contributed by atoms with Crippen LogP contribution in [0.4, 0.5) is 5.69 Å². The van der Waals surface area contributed by atoms with Gasteiger partial charge in [0, 0.05) is 37.1 Å². The molecule has 0 aliphatic carbocycles. The number of halogens is 1. The minimum atomic E-state index is 0.529. The number of hydrogen-bond acceptors (Lipinski definition) is 3. The van der Waals surface area contributed by atoms with E-state index in [1.165, 1.54) is 13.0 Å². The summed E-state index contributed by atoms with van der Waals surface area (Å²) in [7, 11) is 0. The van der Waals surface area contributed by atoms with Gasteiger partial charge >= 0.3 is 0 Å². The fourth-order valence-electron chi connectivity index (χ4n) is 2.10. The van der Waals surface area contributed by atoms with Crippen molar-refractivity contribution in [3.8, 4) is 0 Å². The van der Waals surface area contributed by atoms with E-state index in [0.717, 1.165) is 12.2 Å². The average molecular weight is 240 g/mol. The smallest absolute Gasteiger partial charge is 0.131 e. The highest BCUT2D eigenvalue weighted by Crippen LogP contribution is 2.18. The lowest BCUT2D eigenvalue weighted by atomic mass is 10.2. The van der Waals surface area contributed by atoms with Crippen LogP contribution in [-0.4, -0.2) is 35.1 Å². The van der Waals surface area contributed by atoms with E-state index in [1.54, 1.807) is 6.20 Å². The molecule has 1 unspecified atom stereocenters. The van der Waals surface area contributed by atoms with Crippen LogP contribution in [0.5, 0.6) is 0 Å². The largest absolute Gasteiger partial charge is 0.381 e. The third kappa shape index (κ3) is 2.86. The summed E-state index contributed by atoms with van der Waals surface area (Å²) in [5.74, 6) is 0. The highest BCUT2D eigenvalue weighted by Gasteiger charge is 2.23. The molecule has 2 rings (SSSR count). The van der Waals surface area contributed by atoms with E-state index in [0.29, 0.717) is 17.2 Å². The second-order valence-electron chi connectivity index (χ2n) is 4.59. The van der Waals surface area contributed by atoms with Crippen molar-refractivity contribution in [3.05, 3.63) is 23.5 Å². The number of rotatable bonds is 3. The Morgan fingerprint density at radius 2 is 2.38 bits per heavy atom. The maximum atomic E-state index is 5.85. The zero-order chi connectivity index (χ0) is 11.5. The zero-order valence-corrected chi connectivity index (χ0v) is 10.5. The van der Waals surface area contributed by atoms with Gasteiger partial charge in [-0.25, -0.2) is 4.98 Å². The molecule has 0 radical (unpaired) electrons. The van der Waals surface area contributed by atoms with Gasteiger partial charge in [0.15, 0.2) is 0 Å². The van der Waals surface area contributed by atoms with Crippen molar-refractivity contribution < 1.29 is 0 Å². The number of nitrogens with one attached hydrogen (secondary N) is 1. The van der Waals surface area contributed by atoms with E-state index in [9.17, 15) is 0 Å². The molecule has 1 aromatic heterocycles. The molecule has 0 bridgehead atoms. The highest BCUT2D eigenvalue weighted by molar-refractivity contribution is 6.29. The standard InChI is InChI=1S/C12H18ClN3/c1-9(2)16-6-4-11(8-16)15-10-3-5-14-12(13)7-10/h3,5,7,9,11H,4,6,8H2,1-2H3,(H,14,15). The number of nitrogens with zero attached hydrogens (tertiary/aromatic N) is 2. The molecule has 1 aliphatic heterocycles. The molecule has 1 saturated heterocycles. The second-order valence-corrected chi connectivity index (χ2v) is 4.97. The maximum Gasteiger partial charge on any atom is 0.131 e. The molecule has 0 saturated carbocycles. The molecule has 1 fully saturated rings. The van der Waals surface area contributed by atoms with Crippen LogP contribution in [0.2, 0.25) is 5.15 Å². The zero-order valence-electron chi connectivity index (χ0n) is 9.78. The number of pyridine rings is 1. The number of likely N-dealkylation sites (tertiary alicyclic amines) is 1. The summed E-state index contributed by atoms with van der Waals surface area (Å²) < 4.78 is 0. The van der Waals surface area contributed by atoms with Gasteiger partial charge in [0.2, 0.25) is 0 Å². The first-order valence-corrected chi connectivity index (χ1v) is 6.15. The first-order valence-electron chi connectivity index (χ1n) is 5.77. The maximum absolute atomic E-state index is 5.85. The molecule has 1 N–H and O–H groups in total. The summed E-state index contributed by atoms with van der Waals surface area (Å²) >= 11 is 5.85. The molecular formula is C12H18ClN3. The van der Waals surface area contributed by atoms with Gasteiger partial charge in [-0.15, -0.1) is 0 Å². The summed E-state index contributed by atoms with van der Waals surface area (Å²) in [6, 6.07) is 5.00. The summed E-state index contributed by atoms with van der Waals surface area (Å²) in [6.45, 7) is 6.77. The normalized spacial score (nSPS) is 21.6. The topological polar surface area (TPSA) is 28.2 Å². The Morgan fingerprint density at radius 3 is 3.00 bits per heavy atom. The Kier molecular flexibility index (Phi) is 3.66. The first-order chi connectivity index (χ1) is 7.65. The minimum Gasteiger partial charge on any atom is -0.381 e. The quantitative estimate of drug-likeness (QED) is 0.822. The molecule has 2 heterocycles. The van der Waals surface area contributed by atoms with E-state index < -0.39 is 0 Å². The van der Waals surface area contributed by atoms with Crippen LogP contribution < -0.4 is 5.32 Å². The lowest BCUT2D eigenvalue weighted by Crippen LogP contribution is -2.31. The van der Waals surface area contributed by atoms with Gasteiger partial charge in [0.05, 0.1) is 0 Å².